The summed E-state index contributed by atoms with van der Waals surface area (Å²) >= 11 is 0. The summed E-state index contributed by atoms with van der Waals surface area (Å²) in [6, 6.07) is 23.8. The number of nitrogen functional groups attached to an aromatic ring is 2. The maximum atomic E-state index is 12.9. The lowest BCUT2D eigenvalue weighted by Gasteiger charge is -2.09. The van der Waals surface area contributed by atoms with Gasteiger partial charge in [0.15, 0.2) is 5.78 Å². The zero-order valence-corrected chi connectivity index (χ0v) is 28.9. The number of allylic oxidation sites excluding steroid dienone is 3. The third-order valence-electron chi connectivity index (χ3n) is 7.97. The molecule has 0 aliphatic heterocycles. The average molecular weight is 744 g/mol. The van der Waals surface area contributed by atoms with Gasteiger partial charge >= 0.3 is 5.97 Å². The summed E-state index contributed by atoms with van der Waals surface area (Å²) < 4.78 is 32.1. The molecular formula is C37H29N9O7S. The molecular weight excluding hydrogens is 715 g/mol. The Kier molecular flexibility index (Phi) is 10.2. The monoisotopic (exact) mass is 743 g/mol. The van der Waals surface area contributed by atoms with Gasteiger partial charge in [0.1, 0.15) is 16.9 Å². The molecule has 6 rings (SSSR count). The van der Waals surface area contributed by atoms with Gasteiger partial charge in [0, 0.05) is 11.3 Å². The number of hydrogen-bond donors (Lipinski definition) is 6. The Bertz CT molecular complexity index is 2620. The second-order valence-electron chi connectivity index (χ2n) is 11.7. The van der Waals surface area contributed by atoms with Crippen molar-refractivity contribution in [1.29, 1.82) is 0 Å². The third kappa shape index (κ3) is 8.39. The summed E-state index contributed by atoms with van der Waals surface area (Å²) in [5.41, 5.74) is 19.2. The number of anilines is 4. The van der Waals surface area contributed by atoms with Crippen LogP contribution in [0.5, 0.6) is 0 Å². The first-order valence-electron chi connectivity index (χ1n) is 15.8. The Balaban J connectivity index is 1.11. The van der Waals surface area contributed by atoms with E-state index in [1.54, 1.807) is 79.7 Å². The van der Waals surface area contributed by atoms with Crippen LogP contribution in [0.25, 0.3) is 10.8 Å². The molecule has 17 heteroatoms. The number of ketones is 1. The van der Waals surface area contributed by atoms with Gasteiger partial charge in [0.25, 0.3) is 16.0 Å². The first-order valence-corrected chi connectivity index (χ1v) is 17.2. The molecule has 1 aliphatic carbocycles. The lowest BCUT2D eigenvalue weighted by molar-refractivity contribution is -0.134. The Labute approximate surface area is 307 Å². The Morgan fingerprint density at radius 3 is 2.06 bits per heavy atom. The second kappa shape index (κ2) is 15.1. The number of azo groups is 2. The van der Waals surface area contributed by atoms with Crippen molar-refractivity contribution in [3.63, 3.8) is 0 Å². The van der Waals surface area contributed by atoms with E-state index in [0.29, 0.717) is 56.0 Å². The van der Waals surface area contributed by atoms with Gasteiger partial charge in [0.2, 0.25) is 0 Å². The van der Waals surface area contributed by atoms with Crippen LogP contribution in [0.2, 0.25) is 0 Å². The molecule has 0 radical (unpaired) electrons. The molecule has 0 saturated carbocycles. The number of nitrogens with one attached hydrogen (secondary N) is 2. The minimum absolute atomic E-state index is 0.146. The highest BCUT2D eigenvalue weighted by Gasteiger charge is 2.19. The Morgan fingerprint density at radius 2 is 1.37 bits per heavy atom. The van der Waals surface area contributed by atoms with Crippen LogP contribution in [-0.4, -0.2) is 41.4 Å². The van der Waals surface area contributed by atoms with Crippen molar-refractivity contribution in [2.45, 2.75) is 11.8 Å². The summed E-state index contributed by atoms with van der Waals surface area (Å²) in [5, 5.41) is 34.4. The minimum atomic E-state index is -4.34. The topological polar surface area (TPSA) is 264 Å². The largest absolute Gasteiger partial charge is 0.478 e. The molecule has 0 saturated heterocycles. The number of aryl methyl sites for hydroxylation is 1. The predicted molar refractivity (Wildman–Crippen MR) is 204 cm³/mol. The fourth-order valence-electron chi connectivity index (χ4n) is 5.05. The number of nitrogens with zero attached hydrogens (tertiary/aromatic N) is 5. The molecule has 0 bridgehead atoms. The van der Waals surface area contributed by atoms with Crippen molar-refractivity contribution >= 4 is 89.8 Å². The molecule has 0 spiro atoms. The van der Waals surface area contributed by atoms with Crippen molar-refractivity contribution in [1.82, 2.24) is 0 Å². The van der Waals surface area contributed by atoms with Gasteiger partial charge in [-0.2, -0.15) is 23.7 Å². The lowest BCUT2D eigenvalue weighted by atomic mass is 10.0. The minimum Gasteiger partial charge on any atom is -0.478 e. The number of hydrogen-bond acceptors (Lipinski definition) is 13. The van der Waals surface area contributed by atoms with Crippen LogP contribution >= 0.6 is 0 Å². The number of hydrazone groups is 1. The molecule has 54 heavy (non-hydrogen) atoms. The maximum Gasteiger partial charge on any atom is 0.339 e. The number of aliphatic carboxylic acids is 1. The SMILES string of the molecule is Cc1cc(N=Nc2ccc(C(=O)Nc3ccc4cc(S(=O)(=O)O)ccc4c3)cc2)c(N)c(N=Nc2ccc(N/N=C3/C=CC(=O)C(C(=O)O)=C3)cc2)c1N. The highest BCUT2D eigenvalue weighted by atomic mass is 32.2. The van der Waals surface area contributed by atoms with E-state index in [-0.39, 0.29) is 33.5 Å². The van der Waals surface area contributed by atoms with Gasteiger partial charge in [-0.1, -0.05) is 12.1 Å². The van der Waals surface area contributed by atoms with Gasteiger partial charge in [-0.15, -0.1) is 10.2 Å². The number of carbonyl (C=O) groups is 3. The molecule has 0 aromatic heterocycles. The van der Waals surface area contributed by atoms with Crippen molar-refractivity contribution in [3.8, 4) is 0 Å². The van der Waals surface area contributed by atoms with E-state index < -0.39 is 21.9 Å². The lowest BCUT2D eigenvalue weighted by Crippen LogP contribution is -2.15. The number of carboxylic acids is 1. The summed E-state index contributed by atoms with van der Waals surface area (Å²) in [5.74, 6) is -2.33. The Hall–Kier alpha value is -7.37. The summed E-state index contributed by atoms with van der Waals surface area (Å²) in [4.78, 5) is 35.6. The number of amides is 1. The average Bonchev–Trinajstić information content (AvgIpc) is 3.15. The Morgan fingerprint density at radius 1 is 0.741 bits per heavy atom. The number of rotatable bonds is 10. The number of fused-ring (bicyclic) bond motifs is 1. The molecule has 0 unspecified atom stereocenters. The first-order chi connectivity index (χ1) is 25.7. The maximum absolute atomic E-state index is 12.9. The van der Waals surface area contributed by atoms with Gasteiger partial charge in [-0.05, 0) is 120 Å². The first kappa shape index (κ1) is 36.4. The number of nitrogens with two attached hydrogens (primary N) is 2. The van der Waals surface area contributed by atoms with Crippen molar-refractivity contribution in [2.75, 3.05) is 22.2 Å². The van der Waals surface area contributed by atoms with Crippen LogP contribution in [0.3, 0.4) is 0 Å². The third-order valence-corrected chi connectivity index (χ3v) is 8.82. The van der Waals surface area contributed by atoms with Crippen LogP contribution in [-0.2, 0) is 19.7 Å². The van der Waals surface area contributed by atoms with E-state index >= 15 is 0 Å². The zero-order chi connectivity index (χ0) is 38.6. The van der Waals surface area contributed by atoms with Crippen LogP contribution in [0.15, 0.2) is 145 Å². The second-order valence-corrected chi connectivity index (χ2v) is 13.2. The fourth-order valence-corrected chi connectivity index (χ4v) is 5.57. The normalized spacial score (nSPS) is 13.9. The number of carbonyl (C=O) groups excluding carboxylic acids is 2. The van der Waals surface area contributed by atoms with Crippen LogP contribution in [0.4, 0.5) is 45.5 Å². The fraction of sp³-hybridized carbons (Fsp3) is 0.0270. The zero-order valence-electron chi connectivity index (χ0n) is 28.1. The van der Waals surface area contributed by atoms with Gasteiger partial charge in [-0.25, -0.2) is 4.79 Å². The molecule has 0 heterocycles. The van der Waals surface area contributed by atoms with Crippen LogP contribution < -0.4 is 22.2 Å². The van der Waals surface area contributed by atoms with E-state index in [1.807, 2.05) is 0 Å². The van der Waals surface area contributed by atoms with E-state index in [4.69, 9.17) is 16.6 Å². The molecule has 0 atom stereocenters. The molecule has 5 aromatic rings. The molecule has 8 N–H and O–H groups in total. The number of benzene rings is 5. The van der Waals surface area contributed by atoms with Gasteiger partial charge in [0.05, 0.1) is 39.0 Å². The highest BCUT2D eigenvalue weighted by Crippen LogP contribution is 2.41. The molecule has 1 aliphatic rings. The van der Waals surface area contributed by atoms with Crippen molar-refractivity contribution in [3.05, 3.63) is 126 Å². The highest BCUT2D eigenvalue weighted by molar-refractivity contribution is 7.85. The van der Waals surface area contributed by atoms with E-state index in [2.05, 4.69) is 36.3 Å². The standard InChI is InChI=1S/C37H29N9O7S/c1-20-16-31(34(39)35(33(20)38)46-43-26-11-9-25(10-12-26)41-44-28-13-15-32(47)30(19-28)37(49)50)45-42-24-6-2-21(3-7-24)36(48)40-27-8-4-23-18-29(54(51,52)53)14-5-22(23)17-27/h2-19,41H,38-39H2,1H3,(H,40,48)(H,49,50)(H,51,52,53)/b44-28-,45-42?,46-43?. The molecule has 270 valence electrons. The van der Waals surface area contributed by atoms with Crippen molar-refractivity contribution < 1.29 is 32.5 Å². The van der Waals surface area contributed by atoms with E-state index in [0.717, 1.165) is 6.08 Å². The van der Waals surface area contributed by atoms with E-state index in [9.17, 15) is 27.4 Å². The molecule has 5 aromatic carbocycles. The van der Waals surface area contributed by atoms with Crippen molar-refractivity contribution in [2.24, 2.45) is 25.6 Å². The quantitative estimate of drug-likeness (QED) is 0.0204. The molecule has 0 fully saturated rings. The summed E-state index contributed by atoms with van der Waals surface area (Å²) in [7, 11) is -4.34. The predicted octanol–water partition coefficient (Wildman–Crippen LogP) is 7.56. The van der Waals surface area contributed by atoms with Gasteiger partial charge < -0.3 is 21.9 Å². The number of carboxylic acid groups (broad SMARTS) is 1. The summed E-state index contributed by atoms with van der Waals surface area (Å²) in [6.07, 6.45) is 3.71. The smallest absolute Gasteiger partial charge is 0.339 e. The van der Waals surface area contributed by atoms with E-state index in [1.165, 1.54) is 30.4 Å². The van der Waals surface area contributed by atoms with Gasteiger partial charge in [-0.3, -0.25) is 19.6 Å². The molecule has 16 nitrogen and oxygen atoms in total. The van der Waals surface area contributed by atoms with Crippen LogP contribution in [0.1, 0.15) is 15.9 Å². The van der Waals surface area contributed by atoms with Crippen LogP contribution in [0, 0.1) is 6.92 Å². The summed E-state index contributed by atoms with van der Waals surface area (Å²) in [6.45, 7) is 1.76. The molecule has 1 amide bonds.